The molecule has 10 aromatic rings. The topological polar surface area (TPSA) is 0 Å². The van der Waals surface area contributed by atoms with Crippen LogP contribution in [0.5, 0.6) is 0 Å². The molecule has 1 aliphatic rings. The van der Waals surface area contributed by atoms with Crippen LogP contribution in [0.3, 0.4) is 0 Å². The highest BCUT2D eigenvalue weighted by atomic mass is 14.4. The van der Waals surface area contributed by atoms with Crippen LogP contribution < -0.4 is 0 Å². The maximum atomic E-state index is 2.42. The number of benzene rings is 10. The molecule has 0 heterocycles. The monoisotopic (exact) mass is 698 g/mol. The van der Waals surface area contributed by atoms with Crippen molar-refractivity contribution in [2.24, 2.45) is 0 Å². The van der Waals surface area contributed by atoms with E-state index >= 15 is 0 Å². The molecule has 0 aliphatic heterocycles. The summed E-state index contributed by atoms with van der Waals surface area (Å²) in [5, 5.41) is 10.2. The summed E-state index contributed by atoms with van der Waals surface area (Å²) >= 11 is 0. The second kappa shape index (κ2) is 12.1. The number of fused-ring (bicyclic) bond motifs is 7. The van der Waals surface area contributed by atoms with Crippen molar-refractivity contribution in [2.45, 2.75) is 19.3 Å². The summed E-state index contributed by atoms with van der Waals surface area (Å²) in [7, 11) is 0. The molecule has 0 fully saturated rings. The van der Waals surface area contributed by atoms with Crippen molar-refractivity contribution in [3.05, 3.63) is 205 Å². The second-order valence-corrected chi connectivity index (χ2v) is 15.7. The Labute approximate surface area is 322 Å². The summed E-state index contributed by atoms with van der Waals surface area (Å²) in [4.78, 5) is 0. The minimum absolute atomic E-state index is 0.0391. The maximum absolute atomic E-state index is 2.42. The molecule has 1 aliphatic carbocycles. The smallest absolute Gasteiger partial charge is 0.0159 e. The lowest BCUT2D eigenvalue weighted by atomic mass is 9.81. The molecule has 55 heavy (non-hydrogen) atoms. The van der Waals surface area contributed by atoms with Gasteiger partial charge in [0.05, 0.1) is 0 Å². The quantitative estimate of drug-likeness (QED) is 0.161. The average molecular weight is 699 g/mol. The van der Waals surface area contributed by atoms with E-state index in [0.717, 1.165) is 0 Å². The first kappa shape index (κ1) is 31.7. The van der Waals surface area contributed by atoms with E-state index < -0.39 is 0 Å². The van der Waals surface area contributed by atoms with Crippen molar-refractivity contribution in [1.82, 2.24) is 0 Å². The van der Waals surface area contributed by atoms with Gasteiger partial charge in [-0.25, -0.2) is 0 Å². The molecule has 10 aromatic carbocycles. The van der Waals surface area contributed by atoms with Gasteiger partial charge in [0.2, 0.25) is 0 Å². The maximum Gasteiger partial charge on any atom is 0.0159 e. The van der Waals surface area contributed by atoms with E-state index in [9.17, 15) is 0 Å². The summed E-state index contributed by atoms with van der Waals surface area (Å²) in [6.07, 6.45) is 0. The highest BCUT2D eigenvalue weighted by Crippen LogP contribution is 2.51. The third-order valence-corrected chi connectivity index (χ3v) is 12.2. The van der Waals surface area contributed by atoms with Crippen molar-refractivity contribution in [3.63, 3.8) is 0 Å². The van der Waals surface area contributed by atoms with Gasteiger partial charge in [0, 0.05) is 5.41 Å². The number of hydrogen-bond acceptors (Lipinski definition) is 0. The molecule has 0 nitrogen and oxygen atoms in total. The van der Waals surface area contributed by atoms with Gasteiger partial charge in [-0.3, -0.25) is 0 Å². The first-order valence-electron chi connectivity index (χ1n) is 19.3. The van der Waals surface area contributed by atoms with E-state index in [0.29, 0.717) is 0 Å². The summed E-state index contributed by atoms with van der Waals surface area (Å²) < 4.78 is 0. The minimum atomic E-state index is -0.0391. The van der Waals surface area contributed by atoms with Gasteiger partial charge in [-0.15, -0.1) is 0 Å². The van der Waals surface area contributed by atoms with E-state index in [-0.39, 0.29) is 5.41 Å². The fourth-order valence-corrected chi connectivity index (χ4v) is 9.52. The lowest BCUT2D eigenvalue weighted by molar-refractivity contribution is 0.661. The zero-order valence-electron chi connectivity index (χ0n) is 31.0. The Kier molecular flexibility index (Phi) is 7.00. The fraction of sp³-hybridized carbons (Fsp3) is 0.0545. The Hall–Kier alpha value is -6.76. The van der Waals surface area contributed by atoms with Crippen LogP contribution in [0.15, 0.2) is 194 Å². The molecular weight excluding hydrogens is 661 g/mol. The first-order valence-corrected chi connectivity index (χ1v) is 19.3. The van der Waals surface area contributed by atoms with Crippen LogP contribution in [0.1, 0.15) is 25.0 Å². The predicted octanol–water partition coefficient (Wildman–Crippen LogP) is 15.3. The Morgan fingerprint density at radius 1 is 0.273 bits per heavy atom. The third-order valence-electron chi connectivity index (χ3n) is 12.2. The second-order valence-electron chi connectivity index (χ2n) is 15.7. The minimum Gasteiger partial charge on any atom is -0.0616 e. The van der Waals surface area contributed by atoms with Crippen molar-refractivity contribution in [2.75, 3.05) is 0 Å². The van der Waals surface area contributed by atoms with Crippen LogP contribution in [0.2, 0.25) is 0 Å². The molecule has 0 heteroatoms. The van der Waals surface area contributed by atoms with Crippen molar-refractivity contribution in [3.8, 4) is 55.6 Å². The summed E-state index contributed by atoms with van der Waals surface area (Å²) in [6.45, 7) is 4.73. The third kappa shape index (κ3) is 4.92. The van der Waals surface area contributed by atoms with Crippen molar-refractivity contribution < 1.29 is 0 Å². The van der Waals surface area contributed by atoms with Gasteiger partial charge >= 0.3 is 0 Å². The summed E-state index contributed by atoms with van der Waals surface area (Å²) in [5.41, 5.74) is 15.5. The SMILES string of the molecule is CC1(C)c2ccc(-c3ccc(-c4c5ccccc5c(-c5cccc(-c6cccc7ccccc67)c5)c5ccccc45)cc3)cc2-c2cc3ccccc3cc21. The van der Waals surface area contributed by atoms with E-state index in [2.05, 4.69) is 208 Å². The zero-order valence-corrected chi connectivity index (χ0v) is 31.0. The van der Waals surface area contributed by atoms with Crippen molar-refractivity contribution >= 4 is 43.1 Å². The molecule has 0 unspecified atom stereocenters. The molecule has 0 saturated heterocycles. The van der Waals surface area contributed by atoms with Gasteiger partial charge < -0.3 is 0 Å². The van der Waals surface area contributed by atoms with Crippen LogP contribution in [0.4, 0.5) is 0 Å². The van der Waals surface area contributed by atoms with E-state index in [1.807, 2.05) is 0 Å². The largest absolute Gasteiger partial charge is 0.0616 e. The van der Waals surface area contributed by atoms with Gasteiger partial charge in [0.25, 0.3) is 0 Å². The predicted molar refractivity (Wildman–Crippen MR) is 236 cm³/mol. The Balaban J connectivity index is 1.03. The molecule has 0 aromatic heterocycles. The van der Waals surface area contributed by atoms with Gasteiger partial charge in [-0.2, -0.15) is 0 Å². The molecule has 0 atom stereocenters. The Morgan fingerprint density at radius 2 is 0.764 bits per heavy atom. The van der Waals surface area contributed by atoms with Crippen LogP contribution in [0.25, 0.3) is 98.7 Å². The molecule has 0 N–H and O–H groups in total. The first-order chi connectivity index (χ1) is 27.0. The number of hydrogen-bond donors (Lipinski definition) is 0. The molecule has 0 spiro atoms. The highest BCUT2D eigenvalue weighted by molar-refractivity contribution is 6.21. The highest BCUT2D eigenvalue weighted by Gasteiger charge is 2.35. The van der Waals surface area contributed by atoms with E-state index in [4.69, 9.17) is 0 Å². The van der Waals surface area contributed by atoms with Crippen LogP contribution in [-0.2, 0) is 5.41 Å². The molecule has 0 amide bonds. The van der Waals surface area contributed by atoms with Crippen molar-refractivity contribution in [1.29, 1.82) is 0 Å². The van der Waals surface area contributed by atoms with Crippen LogP contribution >= 0.6 is 0 Å². The molecule has 0 bridgehead atoms. The van der Waals surface area contributed by atoms with Gasteiger partial charge in [0.15, 0.2) is 0 Å². The van der Waals surface area contributed by atoms with E-state index in [1.165, 1.54) is 110 Å². The molecule has 258 valence electrons. The summed E-state index contributed by atoms with van der Waals surface area (Å²) in [6, 6.07) is 72.2. The molecule has 0 radical (unpaired) electrons. The molecule has 0 saturated carbocycles. The van der Waals surface area contributed by atoms with Gasteiger partial charge in [-0.1, -0.05) is 184 Å². The Bertz CT molecular complexity index is 3100. The van der Waals surface area contributed by atoms with Gasteiger partial charge in [0.1, 0.15) is 0 Å². The van der Waals surface area contributed by atoms with E-state index in [1.54, 1.807) is 0 Å². The van der Waals surface area contributed by atoms with Gasteiger partial charge in [-0.05, 0) is 134 Å². The van der Waals surface area contributed by atoms with Crippen LogP contribution in [-0.4, -0.2) is 0 Å². The summed E-state index contributed by atoms with van der Waals surface area (Å²) in [5.74, 6) is 0. The normalized spacial score (nSPS) is 13.1. The molecular formula is C55H38. The zero-order chi connectivity index (χ0) is 36.7. The lowest BCUT2D eigenvalue weighted by Gasteiger charge is -2.22. The standard InChI is InChI=1S/C55H38/c1-55(2)51-30-29-40(33-49(51)50-32-38-14-3-4-15-39(38)34-52(50)55)35-25-27-37(28-26-35)53-45-20-7-9-22-47(45)54(48-23-10-8-21-46(48)53)42-18-11-17-41(31-42)44-24-12-16-36-13-5-6-19-43(36)44/h3-34H,1-2H3. The molecule has 11 rings (SSSR count). The average Bonchev–Trinajstić information content (AvgIpc) is 3.46. The van der Waals surface area contributed by atoms with Crippen LogP contribution in [0, 0.1) is 0 Å². The number of rotatable bonds is 4. The Morgan fingerprint density at radius 3 is 1.45 bits per heavy atom. The fourth-order valence-electron chi connectivity index (χ4n) is 9.52. The lowest BCUT2D eigenvalue weighted by Crippen LogP contribution is -2.14.